The molecule has 0 spiro atoms. The first kappa shape index (κ1) is 49.3. The Morgan fingerprint density at radius 2 is 0.831 bits per heavy atom. The minimum atomic E-state index is 0.325. The molecule has 8 nitrogen and oxygen atoms in total. The van der Waals surface area contributed by atoms with Crippen LogP contribution in [0.3, 0.4) is 0 Å². The highest BCUT2D eigenvalue weighted by atomic mass is 15.0. The van der Waals surface area contributed by atoms with Gasteiger partial charge in [-0.05, 0) is 148 Å². The predicted molar refractivity (Wildman–Crippen MR) is 309 cm³/mol. The van der Waals surface area contributed by atoms with E-state index in [1.54, 1.807) is 24.3 Å². The molecule has 0 unspecified atom stereocenters. The van der Waals surface area contributed by atoms with Crippen molar-refractivity contribution in [3.8, 4) is 92.3 Å². The van der Waals surface area contributed by atoms with Crippen LogP contribution >= 0.6 is 0 Å². The molecule has 11 aromatic rings. The summed E-state index contributed by atoms with van der Waals surface area (Å²) in [5, 5.41) is 64.2. The second kappa shape index (κ2) is 21.1. The van der Waals surface area contributed by atoms with Crippen LogP contribution in [0.15, 0.2) is 212 Å². The van der Waals surface area contributed by atoms with Crippen molar-refractivity contribution in [1.29, 1.82) is 31.6 Å². The average molecular weight is 985 g/mol. The fourth-order valence-corrected chi connectivity index (χ4v) is 10.1. The second-order valence-electron chi connectivity index (χ2n) is 18.1. The molecule has 360 valence electrons. The lowest BCUT2D eigenvalue weighted by Crippen LogP contribution is -2.04. The maximum Gasteiger partial charge on any atom is 0.101 e. The summed E-state index contributed by atoms with van der Waals surface area (Å²) in [6.45, 7) is 9.80. The molecule has 0 N–H and O–H groups in total. The van der Waals surface area contributed by atoms with Crippen molar-refractivity contribution in [2.45, 2.75) is 20.8 Å². The number of nitrogens with zero attached hydrogens (tertiary/aromatic N) is 8. The number of rotatable bonds is 9. The Balaban J connectivity index is 0.00000332. The van der Waals surface area contributed by atoms with Crippen LogP contribution in [0.2, 0.25) is 0 Å². The zero-order chi connectivity index (χ0) is 53.7. The van der Waals surface area contributed by atoms with Gasteiger partial charge in [0.2, 0.25) is 0 Å². The molecular weight excluding hydrogens is 941 g/mol. The van der Waals surface area contributed by atoms with Crippen LogP contribution in [0.1, 0.15) is 54.2 Å². The minimum Gasteiger partial charge on any atom is -0.309 e. The molecule has 0 amide bonds. The number of hydrogen-bond acceptors (Lipinski definition) is 6. The molecule has 9 aromatic carbocycles. The highest BCUT2D eigenvalue weighted by Gasteiger charge is 2.24. The van der Waals surface area contributed by atoms with Crippen LogP contribution in [0.5, 0.6) is 0 Å². The lowest BCUT2D eigenvalue weighted by Gasteiger charge is -2.19. The monoisotopic (exact) mass is 984 g/mol. The summed E-state index contributed by atoms with van der Waals surface area (Å²) in [7, 11) is 0. The maximum absolute atomic E-state index is 11.6. The number of benzene rings is 9. The maximum atomic E-state index is 11.6. The Bertz CT molecular complexity index is 4420. The Labute approximate surface area is 446 Å². The van der Waals surface area contributed by atoms with E-state index in [0.29, 0.717) is 44.8 Å². The minimum absolute atomic E-state index is 0.325. The molecule has 8 heteroatoms. The number of allylic oxidation sites excluding steroid dienone is 5. The average Bonchev–Trinajstić information content (AvgIpc) is 4.25. The summed E-state index contributed by atoms with van der Waals surface area (Å²) >= 11 is 0. The van der Waals surface area contributed by atoms with Crippen LogP contribution < -0.4 is 0 Å². The fraction of sp³-hybridized carbons (Fsp3) is 0.0435. The van der Waals surface area contributed by atoms with Gasteiger partial charge >= 0.3 is 0 Å². The molecule has 0 fully saturated rings. The molecule has 0 atom stereocenters. The van der Waals surface area contributed by atoms with E-state index in [2.05, 4.69) is 131 Å². The smallest absolute Gasteiger partial charge is 0.101 e. The second-order valence-corrected chi connectivity index (χ2v) is 18.1. The first-order valence-corrected chi connectivity index (χ1v) is 25.0. The van der Waals surface area contributed by atoms with Gasteiger partial charge < -0.3 is 9.13 Å². The number of fused-ring (bicyclic) bond motifs is 6. The molecule has 11 rings (SSSR count). The van der Waals surface area contributed by atoms with Crippen molar-refractivity contribution in [1.82, 2.24) is 9.13 Å². The van der Waals surface area contributed by atoms with Gasteiger partial charge in [0.25, 0.3) is 0 Å². The summed E-state index contributed by atoms with van der Waals surface area (Å²) < 4.78 is 4.35. The molecule has 77 heavy (non-hydrogen) atoms. The third-order valence-electron chi connectivity index (χ3n) is 13.8. The van der Waals surface area contributed by atoms with Crippen molar-refractivity contribution in [3.63, 3.8) is 0 Å². The fourth-order valence-electron chi connectivity index (χ4n) is 10.1. The first-order valence-electron chi connectivity index (χ1n) is 25.0. The zero-order valence-corrected chi connectivity index (χ0v) is 42.3. The zero-order valence-electron chi connectivity index (χ0n) is 42.3. The number of hydrogen-bond donors (Lipinski definition) is 0. The molecule has 0 aliphatic heterocycles. The van der Waals surface area contributed by atoms with Gasteiger partial charge in [0.15, 0.2) is 0 Å². The quantitative estimate of drug-likeness (QED) is 0.104. The normalized spacial score (nSPS) is 11.1. The predicted octanol–water partition coefficient (Wildman–Crippen LogP) is 17.0. The van der Waals surface area contributed by atoms with Crippen LogP contribution in [-0.4, -0.2) is 9.13 Å². The van der Waals surface area contributed by atoms with Gasteiger partial charge in [-0.3, -0.25) is 0 Å². The third-order valence-corrected chi connectivity index (χ3v) is 13.8. The summed E-state index contributed by atoms with van der Waals surface area (Å²) in [5.41, 5.74) is 16.4. The molecule has 2 aromatic heterocycles. The molecule has 0 radical (unpaired) electrons. The SMILES string of the molecule is C=C(C#N)/C=C\C(=C/C)c1ccc2c3ccc(-c4ccc(C#N)cc4)cc3n(-c3cc(-c4cccc(C#N)c4)c(-n4c5cc(-c6ccc(C#N)cc6)ccc5c5ccc(-c6ccc(C#N)cc6)cc54)cc3C#N)c2c1.CC. The lowest BCUT2D eigenvalue weighted by molar-refractivity contribution is 1.14. The van der Waals surface area contributed by atoms with Gasteiger partial charge in [0, 0.05) is 32.7 Å². The molecule has 0 saturated carbocycles. The van der Waals surface area contributed by atoms with Gasteiger partial charge in [-0.1, -0.05) is 130 Å². The van der Waals surface area contributed by atoms with Crippen molar-refractivity contribution in [2.24, 2.45) is 0 Å². The van der Waals surface area contributed by atoms with E-state index in [4.69, 9.17) is 0 Å². The summed E-state index contributed by atoms with van der Waals surface area (Å²) in [6.07, 6.45) is 5.56. The van der Waals surface area contributed by atoms with Gasteiger partial charge in [-0.2, -0.15) is 31.6 Å². The van der Waals surface area contributed by atoms with Crippen LogP contribution in [0, 0.1) is 68.0 Å². The Morgan fingerprint density at radius 1 is 0.403 bits per heavy atom. The van der Waals surface area contributed by atoms with E-state index < -0.39 is 0 Å². The van der Waals surface area contributed by atoms with Gasteiger partial charge in [0.05, 0.1) is 91.6 Å². The Hall–Kier alpha value is -11.3. The van der Waals surface area contributed by atoms with Crippen LogP contribution in [-0.2, 0) is 0 Å². The third kappa shape index (κ3) is 9.06. The molecule has 2 heterocycles. The van der Waals surface area contributed by atoms with E-state index in [0.717, 1.165) is 99.3 Å². The lowest BCUT2D eigenvalue weighted by atomic mass is 9.97. The van der Waals surface area contributed by atoms with Crippen LogP contribution in [0.4, 0.5) is 0 Å². The Morgan fingerprint density at radius 3 is 1.26 bits per heavy atom. The molecule has 0 aliphatic rings. The van der Waals surface area contributed by atoms with Gasteiger partial charge in [-0.15, -0.1) is 0 Å². The summed E-state index contributed by atoms with van der Waals surface area (Å²) in [5.74, 6) is 0. The van der Waals surface area contributed by atoms with Crippen molar-refractivity contribution in [3.05, 3.63) is 246 Å². The van der Waals surface area contributed by atoms with Crippen LogP contribution in [0.25, 0.3) is 105 Å². The topological polar surface area (TPSA) is 153 Å². The summed E-state index contributed by atoms with van der Waals surface area (Å²) in [4.78, 5) is 0. The Kier molecular flexibility index (Phi) is 13.5. The molecule has 0 bridgehead atoms. The van der Waals surface area contributed by atoms with E-state index in [1.165, 1.54) is 0 Å². The first-order chi connectivity index (χ1) is 37.7. The van der Waals surface area contributed by atoms with E-state index in [-0.39, 0.29) is 0 Å². The highest BCUT2D eigenvalue weighted by Crippen LogP contribution is 2.44. The van der Waals surface area contributed by atoms with Gasteiger partial charge in [0.1, 0.15) is 6.07 Å². The molecular formula is C69H44N8. The van der Waals surface area contributed by atoms with Gasteiger partial charge in [-0.25, -0.2) is 0 Å². The van der Waals surface area contributed by atoms with E-state index in [9.17, 15) is 31.6 Å². The molecule has 0 saturated heterocycles. The van der Waals surface area contributed by atoms with Crippen molar-refractivity contribution < 1.29 is 0 Å². The highest BCUT2D eigenvalue weighted by molar-refractivity contribution is 6.13. The molecule has 0 aliphatic carbocycles. The summed E-state index contributed by atoms with van der Waals surface area (Å²) in [6, 6.07) is 73.0. The van der Waals surface area contributed by atoms with E-state index in [1.807, 2.05) is 118 Å². The van der Waals surface area contributed by atoms with Crippen molar-refractivity contribution in [2.75, 3.05) is 0 Å². The van der Waals surface area contributed by atoms with E-state index >= 15 is 0 Å². The standard InChI is InChI=1S/C67H38N8.C2H6/c1-3-47(14-7-42(2)36-68)51-21-25-57-58-26-22-52(48-15-8-43(37-69)9-16-48)31-64(58)74(63(57)30-51)62-35-61(55-6-4-5-46(29-55)40-72)67(34-56(62)41-73)75-65-32-53(49-17-10-44(38-70)11-18-49)23-27-59(65)60-28-24-54(33-66(60)75)50-19-12-45(39-71)13-20-50;1-2/h3-35H,2H2,1H3;1-2H3/b14-7-,47-3+;. The number of aromatic nitrogens is 2. The largest absolute Gasteiger partial charge is 0.309 e. The number of nitriles is 6. The van der Waals surface area contributed by atoms with Crippen molar-refractivity contribution >= 4 is 49.2 Å².